The van der Waals surface area contributed by atoms with Crippen molar-refractivity contribution in [2.24, 2.45) is 0 Å². The molecule has 10 heteroatoms. The molecule has 2 atom stereocenters. The number of rotatable bonds is 8. The molecule has 0 aliphatic heterocycles. The number of ether oxygens (including phenoxy) is 3. The number of thioether (sulfide) groups is 1. The topological polar surface area (TPSA) is 120 Å². The van der Waals surface area contributed by atoms with E-state index in [1.165, 1.54) is 18.9 Å². The lowest BCUT2D eigenvalue weighted by molar-refractivity contribution is -0.145. The van der Waals surface area contributed by atoms with Crippen molar-refractivity contribution in [2.75, 3.05) is 26.2 Å². The second-order valence-corrected chi connectivity index (χ2v) is 6.93. The Morgan fingerprint density at radius 2 is 1.60 bits per heavy atom. The number of carbonyl (C=O) groups is 4. The molecule has 144 valence electrons. The van der Waals surface area contributed by atoms with E-state index in [2.05, 4.69) is 20.1 Å². The van der Waals surface area contributed by atoms with E-state index in [1.807, 2.05) is 0 Å². The van der Waals surface area contributed by atoms with Crippen LogP contribution in [0.1, 0.15) is 27.2 Å². The van der Waals surface area contributed by atoms with Gasteiger partial charge < -0.3 is 24.8 Å². The van der Waals surface area contributed by atoms with Crippen LogP contribution in [0, 0.1) is 0 Å². The van der Waals surface area contributed by atoms with Crippen molar-refractivity contribution in [3.8, 4) is 0 Å². The number of hydrogen-bond acceptors (Lipinski definition) is 8. The molecule has 0 bridgehead atoms. The number of esters is 2. The molecule has 0 aromatic rings. The van der Waals surface area contributed by atoms with Crippen LogP contribution < -0.4 is 10.6 Å². The van der Waals surface area contributed by atoms with Gasteiger partial charge in [-0.1, -0.05) is 0 Å². The third-order valence-electron chi connectivity index (χ3n) is 2.74. The fourth-order valence-electron chi connectivity index (χ4n) is 1.66. The molecule has 0 fully saturated rings. The van der Waals surface area contributed by atoms with Gasteiger partial charge in [-0.05, 0) is 27.0 Å². The summed E-state index contributed by atoms with van der Waals surface area (Å²) in [6.07, 6.45) is 0.484. The fourth-order valence-corrected chi connectivity index (χ4v) is 2.21. The molecule has 0 unspecified atom stereocenters. The molecule has 0 rings (SSSR count). The SMILES string of the molecule is COC(=O)C[C@H](NC(=O)OC(C)(C)C)C(=O)N[C@@H](CSC)C(=O)OC. The summed E-state index contributed by atoms with van der Waals surface area (Å²) in [5.74, 6) is -1.77. The molecule has 0 aromatic carbocycles. The lowest BCUT2D eigenvalue weighted by atomic mass is 10.1. The quantitative estimate of drug-likeness (QED) is 0.462. The van der Waals surface area contributed by atoms with Crippen molar-refractivity contribution in [1.82, 2.24) is 10.6 Å². The maximum Gasteiger partial charge on any atom is 0.408 e. The van der Waals surface area contributed by atoms with Crippen molar-refractivity contribution in [1.29, 1.82) is 0 Å². The Kier molecular flexibility index (Phi) is 9.95. The van der Waals surface area contributed by atoms with E-state index in [0.29, 0.717) is 0 Å². The number of hydrogen-bond donors (Lipinski definition) is 2. The largest absolute Gasteiger partial charge is 0.469 e. The van der Waals surface area contributed by atoms with E-state index >= 15 is 0 Å². The Bertz CT molecular complexity index is 491. The normalized spacial score (nSPS) is 13.2. The Morgan fingerprint density at radius 1 is 1.00 bits per heavy atom. The fraction of sp³-hybridized carbons (Fsp3) is 0.733. The molecule has 25 heavy (non-hydrogen) atoms. The molecule has 0 aliphatic carbocycles. The third kappa shape index (κ3) is 9.80. The highest BCUT2D eigenvalue weighted by Crippen LogP contribution is 2.08. The van der Waals surface area contributed by atoms with E-state index in [-0.39, 0.29) is 5.75 Å². The van der Waals surface area contributed by atoms with Crippen LogP contribution in [0.4, 0.5) is 4.79 Å². The minimum absolute atomic E-state index is 0.274. The average Bonchev–Trinajstić information content (AvgIpc) is 2.50. The molecule has 0 aromatic heterocycles. The molecular weight excluding hydrogens is 352 g/mol. The van der Waals surface area contributed by atoms with Crippen molar-refractivity contribution in [2.45, 2.75) is 44.9 Å². The maximum atomic E-state index is 12.4. The zero-order chi connectivity index (χ0) is 19.6. The van der Waals surface area contributed by atoms with Crippen molar-refractivity contribution in [3.05, 3.63) is 0 Å². The van der Waals surface area contributed by atoms with Crippen LogP contribution in [0.5, 0.6) is 0 Å². The Balaban J connectivity index is 5.11. The van der Waals surface area contributed by atoms with Crippen molar-refractivity contribution < 1.29 is 33.4 Å². The van der Waals surface area contributed by atoms with Gasteiger partial charge in [0.1, 0.15) is 17.7 Å². The summed E-state index contributed by atoms with van der Waals surface area (Å²) in [4.78, 5) is 47.5. The number of alkyl carbamates (subject to hydrolysis) is 1. The molecule has 2 N–H and O–H groups in total. The van der Waals surface area contributed by atoms with E-state index in [1.54, 1.807) is 27.0 Å². The van der Waals surface area contributed by atoms with Crippen LogP contribution in [-0.4, -0.2) is 67.9 Å². The highest BCUT2D eigenvalue weighted by Gasteiger charge is 2.30. The van der Waals surface area contributed by atoms with Gasteiger partial charge in [-0.2, -0.15) is 11.8 Å². The first-order valence-corrected chi connectivity index (χ1v) is 8.87. The van der Waals surface area contributed by atoms with Gasteiger partial charge in [-0.3, -0.25) is 9.59 Å². The smallest absolute Gasteiger partial charge is 0.408 e. The highest BCUT2D eigenvalue weighted by atomic mass is 32.2. The standard InChI is InChI=1S/C15H26N2O7S/c1-15(2,3)24-14(21)17-9(7-11(18)22-4)12(19)16-10(8-25-6)13(20)23-5/h9-10H,7-8H2,1-6H3,(H,16,19)(H,17,21)/t9-,10-/m0/s1. The van der Waals surface area contributed by atoms with E-state index in [9.17, 15) is 19.2 Å². The second-order valence-electron chi connectivity index (χ2n) is 6.02. The summed E-state index contributed by atoms with van der Waals surface area (Å²) >= 11 is 1.33. The molecule has 0 saturated carbocycles. The van der Waals surface area contributed by atoms with Gasteiger partial charge in [0, 0.05) is 5.75 Å². The van der Waals surface area contributed by atoms with Gasteiger partial charge in [0.2, 0.25) is 5.91 Å². The number of nitrogens with one attached hydrogen (secondary N) is 2. The third-order valence-corrected chi connectivity index (χ3v) is 3.41. The van der Waals surface area contributed by atoms with Gasteiger partial charge >= 0.3 is 18.0 Å². The zero-order valence-electron chi connectivity index (χ0n) is 15.3. The lowest BCUT2D eigenvalue weighted by Gasteiger charge is -2.24. The molecule has 0 heterocycles. The minimum Gasteiger partial charge on any atom is -0.469 e. The summed E-state index contributed by atoms with van der Waals surface area (Å²) in [5.41, 5.74) is -0.774. The first kappa shape index (κ1) is 23.0. The van der Waals surface area contributed by atoms with Crippen LogP contribution in [0.2, 0.25) is 0 Å². The van der Waals surface area contributed by atoms with Gasteiger partial charge in [0.05, 0.1) is 20.6 Å². The van der Waals surface area contributed by atoms with Crippen LogP contribution in [0.25, 0.3) is 0 Å². The predicted octanol–water partition coefficient (Wildman–Crippen LogP) is 0.464. The average molecular weight is 378 g/mol. The first-order valence-electron chi connectivity index (χ1n) is 7.47. The summed E-state index contributed by atoms with van der Waals surface area (Å²) < 4.78 is 14.2. The van der Waals surface area contributed by atoms with Gasteiger partial charge in [-0.15, -0.1) is 0 Å². The van der Waals surface area contributed by atoms with Crippen LogP contribution in [0.15, 0.2) is 0 Å². The Labute approximate surface area is 151 Å². The van der Waals surface area contributed by atoms with Crippen LogP contribution in [0.3, 0.4) is 0 Å². The molecule has 2 amide bonds. The minimum atomic E-state index is -1.25. The number of amides is 2. The second kappa shape index (κ2) is 10.8. The molecule has 0 aliphatic rings. The zero-order valence-corrected chi connectivity index (χ0v) is 16.2. The molecule has 9 nitrogen and oxygen atoms in total. The van der Waals surface area contributed by atoms with Gasteiger partial charge in [-0.25, -0.2) is 9.59 Å². The van der Waals surface area contributed by atoms with Gasteiger partial charge in [0.15, 0.2) is 0 Å². The summed E-state index contributed by atoms with van der Waals surface area (Å²) in [6.45, 7) is 4.98. The monoisotopic (exact) mass is 378 g/mol. The highest BCUT2D eigenvalue weighted by molar-refractivity contribution is 7.98. The van der Waals surface area contributed by atoms with Crippen LogP contribution >= 0.6 is 11.8 Å². The molecule has 0 spiro atoms. The number of carbonyl (C=O) groups excluding carboxylic acids is 4. The molecular formula is C15H26N2O7S. The van der Waals surface area contributed by atoms with Gasteiger partial charge in [0.25, 0.3) is 0 Å². The van der Waals surface area contributed by atoms with E-state index in [4.69, 9.17) is 4.74 Å². The Morgan fingerprint density at radius 3 is 2.04 bits per heavy atom. The first-order chi connectivity index (χ1) is 11.5. The van der Waals surface area contributed by atoms with Crippen LogP contribution in [-0.2, 0) is 28.6 Å². The number of methoxy groups -OCH3 is 2. The van der Waals surface area contributed by atoms with Crippen molar-refractivity contribution >= 4 is 35.7 Å². The van der Waals surface area contributed by atoms with E-state index in [0.717, 1.165) is 7.11 Å². The molecule has 0 saturated heterocycles. The summed E-state index contributed by atoms with van der Waals surface area (Å²) in [6, 6.07) is -2.16. The lowest BCUT2D eigenvalue weighted by Crippen LogP contribution is -2.53. The maximum absolute atomic E-state index is 12.4. The molecule has 0 radical (unpaired) electrons. The van der Waals surface area contributed by atoms with E-state index < -0.39 is 48.0 Å². The predicted molar refractivity (Wildman–Crippen MR) is 92.1 cm³/mol. The summed E-state index contributed by atoms with van der Waals surface area (Å²) in [7, 11) is 2.36. The summed E-state index contributed by atoms with van der Waals surface area (Å²) in [5, 5.41) is 4.76. The van der Waals surface area contributed by atoms with Crippen molar-refractivity contribution in [3.63, 3.8) is 0 Å². The Hall–Kier alpha value is -1.97.